The summed E-state index contributed by atoms with van der Waals surface area (Å²) in [4.78, 5) is 54.0. The first-order valence-corrected chi connectivity index (χ1v) is 26.3. The van der Waals surface area contributed by atoms with Crippen molar-refractivity contribution in [3.63, 3.8) is 0 Å². The Labute approximate surface area is 436 Å². The van der Waals surface area contributed by atoms with Gasteiger partial charge in [0.15, 0.2) is 0 Å². The first-order valence-electron chi connectivity index (χ1n) is 26.3. The second-order valence-electron chi connectivity index (χ2n) is 19.3. The van der Waals surface area contributed by atoms with Crippen molar-refractivity contribution in [1.29, 1.82) is 0 Å². The van der Waals surface area contributed by atoms with Crippen molar-refractivity contribution < 1.29 is 23.9 Å². The van der Waals surface area contributed by atoms with Crippen LogP contribution in [0.25, 0.3) is 21.5 Å². The number of H-pyrrole nitrogens is 1. The highest BCUT2D eigenvalue weighted by Gasteiger charge is 2.21. The van der Waals surface area contributed by atoms with E-state index in [1.54, 1.807) is 18.3 Å². The summed E-state index contributed by atoms with van der Waals surface area (Å²) in [5, 5.41) is 14.6. The van der Waals surface area contributed by atoms with Gasteiger partial charge in [0, 0.05) is 89.9 Å². The molecule has 0 bridgehead atoms. The lowest BCUT2D eigenvalue weighted by Crippen LogP contribution is -2.43. The molecular weight excluding hydrogens is 927 g/mol. The fraction of sp³-hybridized carbons (Fsp3) is 0.367. The van der Waals surface area contributed by atoms with E-state index < -0.39 is 0 Å². The highest BCUT2D eigenvalue weighted by atomic mass is 16.5. The van der Waals surface area contributed by atoms with Gasteiger partial charge in [-0.2, -0.15) is 0 Å². The summed E-state index contributed by atoms with van der Waals surface area (Å²) < 4.78 is 10.9. The minimum Gasteiger partial charge on any atom is -0.379 e. The molecule has 2 atom stereocenters. The SMILES string of the molecule is C[C@H](NC(=O)N(CCCN1CCOCC1)Cc1ccc(C=O)cc1)c1cccc2ccccc12.C[C@H](NC(=O)N(CCCN1CCOCC1)Cc1ccc(CNCc2ncc[nH]2)cc1)c1cccc2ccccc12. The minimum absolute atomic E-state index is 0.0356. The lowest BCUT2D eigenvalue weighted by molar-refractivity contribution is 0.0364. The number of fused-ring (bicyclic) bond motifs is 2. The predicted octanol–water partition coefficient (Wildman–Crippen LogP) is 9.50. The van der Waals surface area contributed by atoms with Gasteiger partial charge in [-0.3, -0.25) is 14.6 Å². The zero-order valence-corrected chi connectivity index (χ0v) is 43.1. The average molecular weight is 1000 g/mol. The number of urea groups is 2. The number of nitrogens with one attached hydrogen (secondary N) is 4. The minimum atomic E-state index is -0.127. The Morgan fingerprint density at radius 3 is 1.54 bits per heavy atom. The lowest BCUT2D eigenvalue weighted by Gasteiger charge is -2.29. The van der Waals surface area contributed by atoms with Crippen molar-refractivity contribution >= 4 is 39.9 Å². The van der Waals surface area contributed by atoms with Crippen LogP contribution in [-0.2, 0) is 35.7 Å². The number of benzene rings is 6. The summed E-state index contributed by atoms with van der Waals surface area (Å²) in [6, 6.07) is 44.7. The highest BCUT2D eigenvalue weighted by Crippen LogP contribution is 2.26. The van der Waals surface area contributed by atoms with Crippen LogP contribution >= 0.6 is 0 Å². The number of morpholine rings is 2. The first-order chi connectivity index (χ1) is 36.3. The fourth-order valence-corrected chi connectivity index (χ4v) is 9.71. The van der Waals surface area contributed by atoms with Crippen molar-refractivity contribution in [2.75, 3.05) is 78.8 Å². The third-order valence-electron chi connectivity index (χ3n) is 13.9. The summed E-state index contributed by atoms with van der Waals surface area (Å²) in [6.07, 6.45) is 6.24. The number of aldehydes is 1. The summed E-state index contributed by atoms with van der Waals surface area (Å²) >= 11 is 0. The predicted molar refractivity (Wildman–Crippen MR) is 294 cm³/mol. The molecule has 2 fully saturated rings. The standard InChI is InChI=1S/C32H40N6O2.C28H33N3O3/c1-25(29-9-4-7-28-6-2-3-8-30(28)29)36-32(39)38(17-5-16-37-18-20-40-21-19-37)24-27-12-10-26(11-13-27)22-33-23-31-34-14-15-35-31;1-22(26-9-4-7-25-6-2-3-8-27(25)26)29-28(33)31(15-5-14-30-16-18-34-19-17-30)20-23-10-12-24(21-32)13-11-23/h2-4,6-15,25,33H,5,16-24H2,1H3,(H,34,35)(H,36,39);2-4,6-13,21-22H,5,14-20H2,1H3,(H,29,33)/t25-;22-/m00/s1. The van der Waals surface area contributed by atoms with Gasteiger partial charge in [0.05, 0.1) is 45.1 Å². The molecule has 9 rings (SSSR count). The van der Waals surface area contributed by atoms with Crippen LogP contribution in [0.15, 0.2) is 146 Å². The van der Waals surface area contributed by atoms with Crippen molar-refractivity contribution in [3.8, 4) is 0 Å². The number of rotatable bonds is 21. The maximum atomic E-state index is 13.6. The number of aromatic nitrogens is 2. The van der Waals surface area contributed by atoms with Gasteiger partial charge in [0.2, 0.25) is 0 Å². The topological polar surface area (TPSA) is 147 Å². The molecule has 74 heavy (non-hydrogen) atoms. The molecule has 6 aromatic carbocycles. The fourth-order valence-electron chi connectivity index (χ4n) is 9.71. The number of hydrogen-bond acceptors (Lipinski definition) is 9. The number of carbonyl (C=O) groups is 3. The normalized spacial score (nSPS) is 14.9. The maximum absolute atomic E-state index is 13.6. The molecule has 0 aliphatic carbocycles. The summed E-state index contributed by atoms with van der Waals surface area (Å²) in [5.74, 6) is 0.924. The molecule has 3 heterocycles. The summed E-state index contributed by atoms with van der Waals surface area (Å²) in [5.41, 5.74) is 6.19. The molecule has 0 unspecified atom stereocenters. The Bertz CT molecular complexity index is 2800. The van der Waals surface area contributed by atoms with E-state index in [1.165, 1.54) is 21.7 Å². The quantitative estimate of drug-likeness (QED) is 0.0517. The largest absolute Gasteiger partial charge is 0.379 e. The van der Waals surface area contributed by atoms with Gasteiger partial charge < -0.3 is 40.2 Å². The lowest BCUT2D eigenvalue weighted by atomic mass is 10.00. The van der Waals surface area contributed by atoms with Gasteiger partial charge in [0.25, 0.3) is 0 Å². The molecule has 2 aliphatic heterocycles. The van der Waals surface area contributed by atoms with Crippen molar-refractivity contribution in [1.82, 2.24) is 45.5 Å². The van der Waals surface area contributed by atoms with Gasteiger partial charge in [-0.05, 0) is 76.1 Å². The smallest absolute Gasteiger partial charge is 0.318 e. The number of imidazole rings is 1. The number of hydrogen-bond donors (Lipinski definition) is 4. The van der Waals surface area contributed by atoms with Crippen molar-refractivity contribution in [2.45, 2.75) is 65.0 Å². The Morgan fingerprint density at radius 1 is 0.608 bits per heavy atom. The molecule has 2 aliphatic rings. The maximum Gasteiger partial charge on any atom is 0.318 e. The van der Waals surface area contributed by atoms with Crippen LogP contribution in [0.2, 0.25) is 0 Å². The Hall–Kier alpha value is -6.94. The van der Waals surface area contributed by atoms with Crippen LogP contribution in [-0.4, -0.2) is 127 Å². The number of aromatic amines is 1. The van der Waals surface area contributed by atoms with Crippen molar-refractivity contribution in [2.24, 2.45) is 0 Å². The molecule has 14 heteroatoms. The molecule has 0 radical (unpaired) electrons. The zero-order valence-electron chi connectivity index (χ0n) is 43.1. The zero-order chi connectivity index (χ0) is 51.3. The van der Waals surface area contributed by atoms with E-state index in [1.807, 2.05) is 59.3 Å². The number of carbonyl (C=O) groups excluding carboxylic acids is 3. The van der Waals surface area contributed by atoms with Crippen LogP contribution in [0.5, 0.6) is 0 Å². The van der Waals surface area contributed by atoms with Crippen LogP contribution in [0.1, 0.15) is 82.8 Å². The molecule has 1 aromatic heterocycles. The molecule has 388 valence electrons. The van der Waals surface area contributed by atoms with Gasteiger partial charge in [-0.15, -0.1) is 0 Å². The Balaban J connectivity index is 0.000000200. The summed E-state index contributed by atoms with van der Waals surface area (Å²) in [6.45, 7) is 16.8. The average Bonchev–Trinajstić information content (AvgIpc) is 3.97. The molecular formula is C60H73N9O5. The third kappa shape index (κ3) is 15.8. The van der Waals surface area contributed by atoms with E-state index >= 15 is 0 Å². The van der Waals surface area contributed by atoms with Crippen LogP contribution < -0.4 is 16.0 Å². The van der Waals surface area contributed by atoms with Crippen LogP contribution in [0.3, 0.4) is 0 Å². The van der Waals surface area contributed by atoms with E-state index in [2.05, 4.69) is 128 Å². The number of nitrogens with zero attached hydrogens (tertiary/aromatic N) is 5. The highest BCUT2D eigenvalue weighted by molar-refractivity contribution is 5.88. The summed E-state index contributed by atoms with van der Waals surface area (Å²) in [7, 11) is 0. The van der Waals surface area contributed by atoms with Gasteiger partial charge in [-0.1, -0.05) is 133 Å². The first kappa shape index (κ1) is 53.4. The molecule has 2 saturated heterocycles. The molecule has 14 nitrogen and oxygen atoms in total. The van der Waals surface area contributed by atoms with E-state index in [0.717, 1.165) is 125 Å². The van der Waals surface area contributed by atoms with E-state index in [4.69, 9.17) is 9.47 Å². The second-order valence-corrected chi connectivity index (χ2v) is 19.3. The van der Waals surface area contributed by atoms with E-state index in [-0.39, 0.29) is 24.1 Å². The third-order valence-corrected chi connectivity index (χ3v) is 13.9. The monoisotopic (exact) mass is 1000 g/mol. The Morgan fingerprint density at radius 2 is 1.07 bits per heavy atom. The Kier molecular flexibility index (Phi) is 20.1. The van der Waals surface area contributed by atoms with E-state index in [9.17, 15) is 14.4 Å². The van der Waals surface area contributed by atoms with Gasteiger partial charge in [-0.25, -0.2) is 14.6 Å². The second kappa shape index (κ2) is 27.9. The molecule has 4 N–H and O–H groups in total. The molecule has 0 spiro atoms. The van der Waals surface area contributed by atoms with Gasteiger partial charge in [0.1, 0.15) is 12.1 Å². The van der Waals surface area contributed by atoms with Crippen LogP contribution in [0, 0.1) is 0 Å². The van der Waals surface area contributed by atoms with Crippen LogP contribution in [0.4, 0.5) is 9.59 Å². The molecule has 4 amide bonds. The number of ether oxygens (including phenoxy) is 2. The molecule has 0 saturated carbocycles. The molecule has 7 aromatic rings. The van der Waals surface area contributed by atoms with Gasteiger partial charge >= 0.3 is 12.1 Å². The van der Waals surface area contributed by atoms with E-state index in [0.29, 0.717) is 38.3 Å². The van der Waals surface area contributed by atoms with Crippen molar-refractivity contribution in [3.05, 3.63) is 185 Å². The number of amides is 4.